The number of hydrogen-bond donors (Lipinski definition) is 3. The fourth-order valence-electron chi connectivity index (χ4n) is 5.53. The number of aryl methyl sites for hydroxylation is 2. The largest absolute Gasteiger partial charge is 0.491 e. The van der Waals surface area contributed by atoms with Gasteiger partial charge in [-0.2, -0.15) is 0 Å². The third kappa shape index (κ3) is 5.87. The van der Waals surface area contributed by atoms with Crippen molar-refractivity contribution in [1.29, 1.82) is 0 Å². The third-order valence-corrected chi connectivity index (χ3v) is 8.12. The summed E-state index contributed by atoms with van der Waals surface area (Å²) in [6.07, 6.45) is 5.55. The lowest BCUT2D eigenvalue weighted by molar-refractivity contribution is 0.0139. The molecule has 7 nitrogen and oxygen atoms in total. The fraction of sp³-hybridized carbons (Fsp3) is 0.500. The summed E-state index contributed by atoms with van der Waals surface area (Å²) in [5.41, 5.74) is 3.23. The van der Waals surface area contributed by atoms with Crippen LogP contribution >= 0.6 is 0 Å². The van der Waals surface area contributed by atoms with Crippen molar-refractivity contribution in [3.8, 4) is 5.75 Å². The number of benzene rings is 2. The number of carbonyl (C=O) groups excluding carboxylic acids is 1. The van der Waals surface area contributed by atoms with Crippen molar-refractivity contribution < 1.29 is 23.8 Å². The molecule has 2 fully saturated rings. The van der Waals surface area contributed by atoms with Crippen LogP contribution < -0.4 is 15.4 Å². The molecule has 2 heterocycles. The van der Waals surface area contributed by atoms with Gasteiger partial charge in [-0.15, -0.1) is 0 Å². The van der Waals surface area contributed by atoms with E-state index < -0.39 is 17.3 Å². The Morgan fingerprint density at radius 2 is 2.00 bits per heavy atom. The third-order valence-electron chi connectivity index (χ3n) is 8.12. The summed E-state index contributed by atoms with van der Waals surface area (Å²) in [6, 6.07) is 10.7. The number of aromatic nitrogens is 1. The maximum absolute atomic E-state index is 14.8. The molecule has 0 bridgehead atoms. The molecule has 1 saturated heterocycles. The Labute approximate surface area is 223 Å². The number of nitrogens with one attached hydrogen (secondary N) is 2. The van der Waals surface area contributed by atoms with Crippen LogP contribution in [0.2, 0.25) is 0 Å². The Morgan fingerprint density at radius 1 is 1.21 bits per heavy atom. The fourth-order valence-corrected chi connectivity index (χ4v) is 5.53. The topological polar surface area (TPSA) is 84.8 Å². The average molecular weight is 524 g/mol. The first-order valence-electron chi connectivity index (χ1n) is 13.6. The lowest BCUT2D eigenvalue weighted by atomic mass is 9.83. The first-order chi connectivity index (χ1) is 18.2. The van der Waals surface area contributed by atoms with Gasteiger partial charge in [-0.3, -0.25) is 4.79 Å². The number of fused-ring (bicyclic) bond motifs is 1. The molecular formula is C30H38FN3O4. The van der Waals surface area contributed by atoms with Crippen LogP contribution in [0.3, 0.4) is 0 Å². The SMILES string of the molecule is Cc1c(NC(=O)c2ccc(OC[C@@H]3CCCO3)cc2F)ccc2c1cc(CNC1CCC(C)(O)CC1)n2C. The second-order valence-corrected chi connectivity index (χ2v) is 11.1. The van der Waals surface area contributed by atoms with E-state index in [0.29, 0.717) is 24.1 Å². The minimum Gasteiger partial charge on any atom is -0.491 e. The number of aliphatic hydroxyl groups is 1. The summed E-state index contributed by atoms with van der Waals surface area (Å²) in [4.78, 5) is 13.0. The van der Waals surface area contributed by atoms with Crippen molar-refractivity contribution in [2.75, 3.05) is 18.5 Å². The second kappa shape index (κ2) is 11.0. The Balaban J connectivity index is 1.24. The van der Waals surface area contributed by atoms with Crippen LogP contribution in [-0.2, 0) is 18.3 Å². The number of ether oxygens (including phenoxy) is 2. The molecule has 1 atom stereocenters. The van der Waals surface area contributed by atoms with Crippen LogP contribution in [0.5, 0.6) is 5.75 Å². The van der Waals surface area contributed by atoms with Gasteiger partial charge in [0.25, 0.3) is 5.91 Å². The summed E-state index contributed by atoms with van der Waals surface area (Å²) in [6.45, 7) is 5.72. The van der Waals surface area contributed by atoms with Crippen LogP contribution in [0.1, 0.15) is 67.1 Å². The van der Waals surface area contributed by atoms with E-state index in [4.69, 9.17) is 9.47 Å². The van der Waals surface area contributed by atoms with Crippen molar-refractivity contribution in [2.45, 2.75) is 76.7 Å². The van der Waals surface area contributed by atoms with Gasteiger partial charge in [0.2, 0.25) is 0 Å². The Hall–Kier alpha value is -2.94. The van der Waals surface area contributed by atoms with Gasteiger partial charge >= 0.3 is 0 Å². The van der Waals surface area contributed by atoms with Crippen LogP contribution in [-0.4, -0.2) is 46.5 Å². The Kier molecular flexibility index (Phi) is 7.75. The summed E-state index contributed by atoms with van der Waals surface area (Å²) in [5.74, 6) is -0.735. The number of nitrogens with zero attached hydrogens (tertiary/aromatic N) is 1. The standard InChI is InChI=1S/C30H38FN3O4/c1-19-25-15-21(17-32-20-10-12-30(2,36)13-11-20)34(3)28(25)9-8-27(19)33-29(35)24-7-6-22(16-26(24)31)38-18-23-5-4-14-37-23/h6-9,15-16,20,23,32,36H,4-5,10-14,17-18H2,1-3H3,(H,33,35)/t20?,23-,30?/m0/s1. The van der Waals surface area contributed by atoms with Crippen molar-refractivity contribution in [3.05, 3.63) is 59.0 Å². The molecule has 38 heavy (non-hydrogen) atoms. The number of carbonyl (C=O) groups is 1. The first kappa shape index (κ1) is 26.7. The van der Waals surface area contributed by atoms with E-state index in [0.717, 1.165) is 73.8 Å². The highest BCUT2D eigenvalue weighted by molar-refractivity contribution is 6.06. The summed E-state index contributed by atoms with van der Waals surface area (Å²) >= 11 is 0. The summed E-state index contributed by atoms with van der Waals surface area (Å²) in [5, 5.41) is 17.8. The molecule has 5 rings (SSSR count). The molecule has 1 amide bonds. The van der Waals surface area contributed by atoms with Gasteiger partial charge < -0.3 is 29.8 Å². The van der Waals surface area contributed by atoms with Gasteiger partial charge in [-0.05, 0) is 88.3 Å². The van der Waals surface area contributed by atoms with Gasteiger partial charge in [0.1, 0.15) is 18.2 Å². The predicted molar refractivity (Wildman–Crippen MR) is 146 cm³/mol. The minimum atomic E-state index is -0.622. The normalized spacial score (nSPS) is 23.6. The lowest BCUT2D eigenvalue weighted by Crippen LogP contribution is -2.39. The van der Waals surface area contributed by atoms with E-state index >= 15 is 0 Å². The van der Waals surface area contributed by atoms with E-state index in [1.165, 1.54) is 12.1 Å². The maximum Gasteiger partial charge on any atom is 0.258 e. The van der Waals surface area contributed by atoms with Crippen LogP contribution in [0.4, 0.5) is 10.1 Å². The smallest absolute Gasteiger partial charge is 0.258 e. The van der Waals surface area contributed by atoms with Gasteiger partial charge in [-0.1, -0.05) is 0 Å². The molecular weight excluding hydrogens is 485 g/mol. The molecule has 8 heteroatoms. The van der Waals surface area contributed by atoms with E-state index in [1.807, 2.05) is 33.0 Å². The highest BCUT2D eigenvalue weighted by Gasteiger charge is 2.28. The van der Waals surface area contributed by atoms with Crippen molar-refractivity contribution >= 4 is 22.5 Å². The van der Waals surface area contributed by atoms with Crippen LogP contribution in [0.25, 0.3) is 10.9 Å². The molecule has 0 spiro atoms. The molecule has 3 N–H and O–H groups in total. The quantitative estimate of drug-likeness (QED) is 0.377. The van der Waals surface area contributed by atoms with Crippen LogP contribution in [0.15, 0.2) is 36.4 Å². The molecule has 1 saturated carbocycles. The minimum absolute atomic E-state index is 0.0293. The lowest BCUT2D eigenvalue weighted by Gasteiger charge is -2.33. The van der Waals surface area contributed by atoms with E-state index in [1.54, 1.807) is 6.07 Å². The first-order valence-corrected chi connectivity index (χ1v) is 13.6. The molecule has 1 aliphatic heterocycles. The molecule has 0 radical (unpaired) electrons. The van der Waals surface area contributed by atoms with Gasteiger partial charge in [0.05, 0.1) is 17.3 Å². The molecule has 2 aliphatic rings. The molecule has 1 aromatic heterocycles. The van der Waals surface area contributed by atoms with Gasteiger partial charge in [-0.25, -0.2) is 4.39 Å². The van der Waals surface area contributed by atoms with E-state index in [9.17, 15) is 14.3 Å². The zero-order valence-electron chi connectivity index (χ0n) is 22.5. The number of halogens is 1. The van der Waals surface area contributed by atoms with E-state index in [2.05, 4.69) is 21.3 Å². The number of amides is 1. The molecule has 0 unspecified atom stereocenters. The Morgan fingerprint density at radius 3 is 2.71 bits per heavy atom. The predicted octanol–water partition coefficient (Wildman–Crippen LogP) is 5.22. The zero-order chi connectivity index (χ0) is 26.9. The molecule has 1 aliphatic carbocycles. The average Bonchev–Trinajstić information content (AvgIpc) is 3.52. The van der Waals surface area contributed by atoms with Gasteiger partial charge in [0, 0.05) is 54.6 Å². The number of anilines is 1. The van der Waals surface area contributed by atoms with Crippen molar-refractivity contribution in [2.24, 2.45) is 7.05 Å². The summed E-state index contributed by atoms with van der Waals surface area (Å²) in [7, 11) is 2.04. The van der Waals surface area contributed by atoms with Gasteiger partial charge in [0.15, 0.2) is 0 Å². The second-order valence-electron chi connectivity index (χ2n) is 11.1. The van der Waals surface area contributed by atoms with E-state index in [-0.39, 0.29) is 11.7 Å². The molecule has 3 aromatic rings. The monoisotopic (exact) mass is 523 g/mol. The maximum atomic E-state index is 14.8. The number of hydrogen-bond acceptors (Lipinski definition) is 5. The summed E-state index contributed by atoms with van der Waals surface area (Å²) < 4.78 is 28.2. The molecule has 204 valence electrons. The Bertz CT molecular complexity index is 1300. The number of rotatable bonds is 8. The highest BCUT2D eigenvalue weighted by Crippen LogP contribution is 2.30. The van der Waals surface area contributed by atoms with Crippen molar-refractivity contribution in [3.63, 3.8) is 0 Å². The highest BCUT2D eigenvalue weighted by atomic mass is 19.1. The zero-order valence-corrected chi connectivity index (χ0v) is 22.5. The molecule has 2 aromatic carbocycles. The van der Waals surface area contributed by atoms with Crippen molar-refractivity contribution in [1.82, 2.24) is 9.88 Å². The van der Waals surface area contributed by atoms with Crippen LogP contribution in [0, 0.1) is 12.7 Å².